The van der Waals surface area contributed by atoms with Gasteiger partial charge < -0.3 is 9.84 Å². The van der Waals surface area contributed by atoms with Crippen LogP contribution in [0.2, 0.25) is 0 Å². The Morgan fingerprint density at radius 2 is 2.00 bits per heavy atom. The summed E-state index contributed by atoms with van der Waals surface area (Å²) in [6, 6.07) is 12.4. The highest BCUT2D eigenvalue weighted by Gasteiger charge is 2.26. The van der Waals surface area contributed by atoms with Gasteiger partial charge in [-0.1, -0.05) is 28.9 Å². The summed E-state index contributed by atoms with van der Waals surface area (Å²) in [5.41, 5.74) is 3.46. The zero-order chi connectivity index (χ0) is 21.1. The number of halogens is 1. The van der Waals surface area contributed by atoms with E-state index in [4.69, 9.17) is 4.52 Å². The quantitative estimate of drug-likeness (QED) is 0.681. The van der Waals surface area contributed by atoms with Crippen molar-refractivity contribution in [3.05, 3.63) is 65.3 Å². The average Bonchev–Trinajstić information content (AvgIpc) is 3.21. The van der Waals surface area contributed by atoms with Gasteiger partial charge >= 0.3 is 0 Å². The molecule has 1 fully saturated rings. The molecular formula is C23H25FN4O2. The summed E-state index contributed by atoms with van der Waals surface area (Å²) in [5, 5.41) is 7.01. The summed E-state index contributed by atoms with van der Waals surface area (Å²) in [6.07, 6.45) is 1.72. The van der Waals surface area contributed by atoms with Crippen molar-refractivity contribution in [1.82, 2.24) is 15.0 Å². The van der Waals surface area contributed by atoms with Crippen molar-refractivity contribution in [3.63, 3.8) is 0 Å². The molecule has 1 aliphatic heterocycles. The summed E-state index contributed by atoms with van der Waals surface area (Å²) >= 11 is 0. The fraction of sp³-hybridized carbons (Fsp3) is 0.348. The normalized spacial score (nSPS) is 15.3. The first-order valence-electron chi connectivity index (χ1n) is 10.2. The molecule has 7 heteroatoms. The lowest BCUT2D eigenvalue weighted by atomic mass is 9.97. The molecule has 6 nitrogen and oxygen atoms in total. The Morgan fingerprint density at radius 3 is 2.73 bits per heavy atom. The van der Waals surface area contributed by atoms with Gasteiger partial charge in [-0.15, -0.1) is 0 Å². The molecule has 1 aliphatic rings. The van der Waals surface area contributed by atoms with Gasteiger partial charge in [0.05, 0.1) is 6.54 Å². The Balaban J connectivity index is 1.30. The summed E-state index contributed by atoms with van der Waals surface area (Å²) < 4.78 is 18.7. The number of benzene rings is 2. The smallest absolute Gasteiger partial charge is 0.238 e. The van der Waals surface area contributed by atoms with E-state index in [-0.39, 0.29) is 17.6 Å². The van der Waals surface area contributed by atoms with Crippen LogP contribution in [0.3, 0.4) is 0 Å². The minimum absolute atomic E-state index is 0.0947. The molecule has 3 aromatic rings. The summed E-state index contributed by atoms with van der Waals surface area (Å²) in [4.78, 5) is 19.1. The van der Waals surface area contributed by atoms with Crippen molar-refractivity contribution < 1.29 is 13.7 Å². The van der Waals surface area contributed by atoms with Gasteiger partial charge in [-0.05, 0) is 69.6 Å². The Labute approximate surface area is 175 Å². The molecule has 0 aliphatic carbocycles. The Bertz CT molecular complexity index is 1040. The number of carbonyl (C=O) groups is 1. The molecular weight excluding hydrogens is 383 g/mol. The largest absolute Gasteiger partial charge is 0.339 e. The van der Waals surface area contributed by atoms with Gasteiger partial charge in [0.15, 0.2) is 0 Å². The fourth-order valence-corrected chi connectivity index (χ4v) is 3.80. The van der Waals surface area contributed by atoms with Gasteiger partial charge in [0, 0.05) is 17.2 Å². The molecule has 0 saturated carbocycles. The van der Waals surface area contributed by atoms with Gasteiger partial charge in [0.1, 0.15) is 5.82 Å². The first kappa shape index (κ1) is 20.2. The van der Waals surface area contributed by atoms with E-state index in [1.807, 2.05) is 31.2 Å². The van der Waals surface area contributed by atoms with Crippen LogP contribution in [-0.2, 0) is 4.79 Å². The highest BCUT2D eigenvalue weighted by Crippen LogP contribution is 2.28. The second kappa shape index (κ2) is 8.75. The molecule has 1 aromatic heterocycles. The highest BCUT2D eigenvalue weighted by atomic mass is 19.1. The Hall–Kier alpha value is -3.06. The maximum Gasteiger partial charge on any atom is 0.238 e. The first-order valence-corrected chi connectivity index (χ1v) is 10.2. The molecule has 0 bridgehead atoms. The highest BCUT2D eigenvalue weighted by molar-refractivity contribution is 5.92. The number of piperidine rings is 1. The van der Waals surface area contributed by atoms with E-state index in [2.05, 4.69) is 20.4 Å². The van der Waals surface area contributed by atoms with Gasteiger partial charge in [-0.25, -0.2) is 4.39 Å². The fourth-order valence-electron chi connectivity index (χ4n) is 3.80. The average molecular weight is 408 g/mol. The molecule has 1 amide bonds. The molecule has 0 unspecified atom stereocenters. The molecule has 2 aromatic carbocycles. The van der Waals surface area contributed by atoms with E-state index in [0.717, 1.165) is 37.1 Å². The topological polar surface area (TPSA) is 71.3 Å². The minimum atomic E-state index is -0.306. The number of likely N-dealkylation sites (tertiary alicyclic amines) is 1. The molecule has 0 atom stereocenters. The van der Waals surface area contributed by atoms with Crippen LogP contribution < -0.4 is 5.32 Å². The van der Waals surface area contributed by atoms with Gasteiger partial charge in [-0.3, -0.25) is 9.69 Å². The van der Waals surface area contributed by atoms with Gasteiger partial charge in [0.2, 0.25) is 17.6 Å². The third-order valence-electron chi connectivity index (χ3n) is 5.48. The molecule has 30 heavy (non-hydrogen) atoms. The predicted molar refractivity (Wildman–Crippen MR) is 113 cm³/mol. The first-order chi connectivity index (χ1) is 14.5. The van der Waals surface area contributed by atoms with E-state index >= 15 is 0 Å². The van der Waals surface area contributed by atoms with E-state index in [9.17, 15) is 9.18 Å². The molecule has 0 spiro atoms. The number of anilines is 1. The number of aryl methyl sites for hydroxylation is 2. The van der Waals surface area contributed by atoms with Gasteiger partial charge in [0.25, 0.3) is 0 Å². The summed E-state index contributed by atoms with van der Waals surface area (Å²) in [5.74, 6) is 1.08. The van der Waals surface area contributed by atoms with E-state index < -0.39 is 0 Å². The maximum absolute atomic E-state index is 13.2. The number of rotatable bonds is 5. The predicted octanol–water partition coefficient (Wildman–Crippen LogP) is 4.31. The van der Waals surface area contributed by atoms with E-state index in [0.29, 0.717) is 29.5 Å². The van der Waals surface area contributed by atoms with Crippen LogP contribution in [0.5, 0.6) is 0 Å². The molecule has 2 heterocycles. The van der Waals surface area contributed by atoms with Crippen LogP contribution in [-0.4, -0.2) is 40.6 Å². The third-order valence-corrected chi connectivity index (χ3v) is 5.48. The van der Waals surface area contributed by atoms with E-state index in [1.165, 1.54) is 12.1 Å². The standard InChI is InChI=1S/C23H25FN4O2/c1-15-4-3-5-18(12-15)22-26-23(30-27-22)17-8-10-28(11-9-17)14-21(29)25-20-7-6-19(24)13-16(20)2/h3-7,12-13,17H,8-11,14H2,1-2H3,(H,25,29). The van der Waals surface area contributed by atoms with Crippen molar-refractivity contribution in [3.8, 4) is 11.4 Å². The van der Waals surface area contributed by atoms with Crippen LogP contribution in [0.4, 0.5) is 10.1 Å². The van der Waals surface area contributed by atoms with Crippen LogP contribution in [0.15, 0.2) is 47.0 Å². The van der Waals surface area contributed by atoms with Crippen LogP contribution in [0.1, 0.15) is 35.8 Å². The van der Waals surface area contributed by atoms with Crippen LogP contribution in [0, 0.1) is 19.7 Å². The molecule has 1 saturated heterocycles. The minimum Gasteiger partial charge on any atom is -0.339 e. The lowest BCUT2D eigenvalue weighted by molar-refractivity contribution is -0.117. The number of carbonyl (C=O) groups excluding carboxylic acids is 1. The third kappa shape index (κ3) is 4.74. The van der Waals surface area contributed by atoms with Crippen molar-refractivity contribution >= 4 is 11.6 Å². The number of nitrogens with zero attached hydrogens (tertiary/aromatic N) is 3. The number of amides is 1. The second-order valence-corrected chi connectivity index (χ2v) is 7.88. The Kier molecular flexibility index (Phi) is 5.90. The molecule has 156 valence electrons. The molecule has 4 rings (SSSR count). The number of aromatic nitrogens is 2. The summed E-state index contributed by atoms with van der Waals surface area (Å²) in [6.45, 7) is 5.68. The SMILES string of the molecule is Cc1cccc(-c2noc(C3CCN(CC(=O)Nc4ccc(F)cc4C)CC3)n2)c1. The number of hydrogen-bond acceptors (Lipinski definition) is 5. The molecule has 1 N–H and O–H groups in total. The Morgan fingerprint density at radius 1 is 1.20 bits per heavy atom. The monoisotopic (exact) mass is 408 g/mol. The van der Waals surface area contributed by atoms with E-state index in [1.54, 1.807) is 13.0 Å². The second-order valence-electron chi connectivity index (χ2n) is 7.88. The zero-order valence-corrected chi connectivity index (χ0v) is 17.2. The van der Waals surface area contributed by atoms with Crippen molar-refractivity contribution in [2.24, 2.45) is 0 Å². The lowest BCUT2D eigenvalue weighted by Gasteiger charge is -2.29. The van der Waals surface area contributed by atoms with Crippen molar-refractivity contribution in [1.29, 1.82) is 0 Å². The number of hydrogen-bond donors (Lipinski definition) is 1. The van der Waals surface area contributed by atoms with Crippen LogP contribution >= 0.6 is 0 Å². The maximum atomic E-state index is 13.2. The van der Waals surface area contributed by atoms with Crippen molar-refractivity contribution in [2.75, 3.05) is 25.0 Å². The molecule has 0 radical (unpaired) electrons. The lowest BCUT2D eigenvalue weighted by Crippen LogP contribution is -2.38. The zero-order valence-electron chi connectivity index (χ0n) is 17.2. The van der Waals surface area contributed by atoms with Crippen molar-refractivity contribution in [2.45, 2.75) is 32.6 Å². The van der Waals surface area contributed by atoms with Gasteiger partial charge in [-0.2, -0.15) is 4.98 Å². The number of nitrogens with one attached hydrogen (secondary N) is 1. The van der Waals surface area contributed by atoms with Crippen LogP contribution in [0.25, 0.3) is 11.4 Å². The summed E-state index contributed by atoms with van der Waals surface area (Å²) in [7, 11) is 0.